The molecule has 4 aliphatic rings. The molecule has 0 aromatic carbocycles. The van der Waals surface area contributed by atoms with Crippen molar-refractivity contribution in [2.45, 2.75) is 90.6 Å². The minimum atomic E-state index is -0.467. The topological polar surface area (TPSA) is 57.5 Å². The molecule has 2 N–H and O–H groups in total. The molecule has 0 aromatic rings. The summed E-state index contributed by atoms with van der Waals surface area (Å²) in [6, 6.07) is 0. The van der Waals surface area contributed by atoms with Crippen LogP contribution in [0.2, 0.25) is 0 Å². The van der Waals surface area contributed by atoms with Crippen molar-refractivity contribution in [1.82, 2.24) is 0 Å². The van der Waals surface area contributed by atoms with Crippen LogP contribution in [0.15, 0.2) is 0 Å². The molecule has 4 fully saturated rings. The first kappa shape index (κ1) is 18.9. The van der Waals surface area contributed by atoms with E-state index < -0.39 is 5.60 Å². The third-order valence-corrected chi connectivity index (χ3v) is 9.86. The number of carbonyl (C=O) groups excluding carboxylic acids is 1. The minimum Gasteiger partial charge on any atom is -0.390 e. The Morgan fingerprint density at radius 3 is 2.46 bits per heavy atom. The molecule has 4 aliphatic carbocycles. The molecule has 3 heteroatoms. The number of Topliss-reactive ketones (excluding diaryl/α,β-unsaturated/α-hetero) is 1. The summed E-state index contributed by atoms with van der Waals surface area (Å²) in [7, 11) is 0. The van der Waals surface area contributed by atoms with Crippen molar-refractivity contribution in [3.8, 4) is 0 Å². The highest BCUT2D eigenvalue weighted by molar-refractivity contribution is 5.83. The maximum absolute atomic E-state index is 12.4. The van der Waals surface area contributed by atoms with Gasteiger partial charge in [0.1, 0.15) is 6.61 Å². The van der Waals surface area contributed by atoms with Crippen molar-refractivity contribution in [2.75, 3.05) is 6.61 Å². The fourth-order valence-corrected chi connectivity index (χ4v) is 8.58. The predicted molar refractivity (Wildman–Crippen MR) is 103 cm³/mol. The second-order valence-electron chi connectivity index (χ2n) is 10.7. The summed E-state index contributed by atoms with van der Waals surface area (Å²) in [5, 5.41) is 20.1. The Bertz CT molecular complexity index is 570. The predicted octanol–water partition coefficient (Wildman–Crippen LogP) is 4.35. The van der Waals surface area contributed by atoms with Gasteiger partial charge in [-0.15, -0.1) is 0 Å². The zero-order valence-corrected chi connectivity index (χ0v) is 17.0. The number of aliphatic hydroxyl groups excluding tert-OH is 1. The van der Waals surface area contributed by atoms with Crippen molar-refractivity contribution in [1.29, 1.82) is 0 Å². The molecule has 3 nitrogen and oxygen atoms in total. The number of hydrogen-bond acceptors (Lipinski definition) is 3. The standard InChI is InChI=1S/C23H38O3/c1-4-23-12-11-21(2,26)13-15(23)5-6-16-17-7-8-19(20(25)14-24)22(17,3)10-9-18(16)23/h15-19,24,26H,4-14H2,1-3H3/t15-,16-,17-,18-,19+,21+,22-,23-/m0/s1. The third kappa shape index (κ3) is 2.56. The van der Waals surface area contributed by atoms with Gasteiger partial charge in [-0.1, -0.05) is 13.8 Å². The van der Waals surface area contributed by atoms with E-state index >= 15 is 0 Å². The van der Waals surface area contributed by atoms with Crippen LogP contribution in [-0.4, -0.2) is 28.2 Å². The van der Waals surface area contributed by atoms with E-state index in [-0.39, 0.29) is 23.7 Å². The summed E-state index contributed by atoms with van der Waals surface area (Å²) in [4.78, 5) is 12.4. The second kappa shape index (κ2) is 6.30. The molecule has 4 rings (SSSR count). The van der Waals surface area contributed by atoms with Gasteiger partial charge in [-0.25, -0.2) is 0 Å². The summed E-state index contributed by atoms with van der Waals surface area (Å²) >= 11 is 0. The Hall–Kier alpha value is -0.410. The van der Waals surface area contributed by atoms with Crippen LogP contribution in [0.5, 0.6) is 0 Å². The largest absolute Gasteiger partial charge is 0.390 e. The molecule has 0 bridgehead atoms. The van der Waals surface area contributed by atoms with Crippen molar-refractivity contribution in [3.05, 3.63) is 0 Å². The summed E-state index contributed by atoms with van der Waals surface area (Å²) in [6.45, 7) is 6.50. The fourth-order valence-electron chi connectivity index (χ4n) is 8.58. The molecule has 26 heavy (non-hydrogen) atoms. The smallest absolute Gasteiger partial charge is 0.161 e. The molecule has 0 unspecified atom stereocenters. The first-order valence-electron chi connectivity index (χ1n) is 11.1. The maximum Gasteiger partial charge on any atom is 0.161 e. The molecule has 8 atom stereocenters. The van der Waals surface area contributed by atoms with Gasteiger partial charge < -0.3 is 10.2 Å². The normalized spacial score (nSPS) is 53.5. The van der Waals surface area contributed by atoms with Gasteiger partial charge in [0.05, 0.1) is 5.60 Å². The van der Waals surface area contributed by atoms with E-state index in [4.69, 9.17) is 0 Å². The average Bonchev–Trinajstić information content (AvgIpc) is 2.97. The lowest BCUT2D eigenvalue weighted by Crippen LogP contribution is -2.56. The molecule has 4 saturated carbocycles. The number of ketones is 1. The Balaban J connectivity index is 1.62. The first-order chi connectivity index (χ1) is 12.3. The van der Waals surface area contributed by atoms with Crippen LogP contribution in [0.25, 0.3) is 0 Å². The quantitative estimate of drug-likeness (QED) is 0.785. The molecule has 0 radical (unpaired) electrons. The SMILES string of the molecule is CC[C@]12CC[C@@](C)(O)C[C@@H]1CC[C@H]1[C@@H]3CC[C@H](C(=O)CO)[C@@]3(C)CC[C@@H]12. The van der Waals surface area contributed by atoms with E-state index in [9.17, 15) is 15.0 Å². The highest BCUT2D eigenvalue weighted by Gasteiger charge is 2.62. The van der Waals surface area contributed by atoms with Crippen LogP contribution in [-0.2, 0) is 4.79 Å². The Morgan fingerprint density at radius 2 is 1.77 bits per heavy atom. The van der Waals surface area contributed by atoms with Crippen LogP contribution in [0.3, 0.4) is 0 Å². The number of rotatable bonds is 3. The van der Waals surface area contributed by atoms with E-state index in [0.29, 0.717) is 17.3 Å². The molecule has 0 saturated heterocycles. The minimum absolute atomic E-state index is 0.0841. The lowest BCUT2D eigenvalue weighted by atomic mass is 9.42. The van der Waals surface area contributed by atoms with Crippen molar-refractivity contribution >= 4 is 5.78 Å². The van der Waals surface area contributed by atoms with E-state index in [0.717, 1.165) is 37.5 Å². The number of hydrogen-bond donors (Lipinski definition) is 2. The maximum atomic E-state index is 12.4. The summed E-state index contributed by atoms with van der Waals surface area (Å²) < 4.78 is 0. The first-order valence-corrected chi connectivity index (χ1v) is 11.1. The van der Waals surface area contributed by atoms with Gasteiger partial charge in [0.15, 0.2) is 5.78 Å². The van der Waals surface area contributed by atoms with Crippen LogP contribution >= 0.6 is 0 Å². The highest BCUT2D eigenvalue weighted by atomic mass is 16.3. The summed E-state index contributed by atoms with van der Waals surface area (Å²) in [6.07, 6.45) is 11.5. The van der Waals surface area contributed by atoms with E-state index in [2.05, 4.69) is 13.8 Å². The van der Waals surface area contributed by atoms with Crippen LogP contribution in [0.1, 0.15) is 85.0 Å². The van der Waals surface area contributed by atoms with Gasteiger partial charge in [0.25, 0.3) is 0 Å². The third-order valence-electron chi connectivity index (χ3n) is 9.86. The van der Waals surface area contributed by atoms with E-state index in [1.54, 1.807) is 0 Å². The number of aliphatic hydroxyl groups is 2. The van der Waals surface area contributed by atoms with Crippen molar-refractivity contribution < 1.29 is 15.0 Å². The van der Waals surface area contributed by atoms with Gasteiger partial charge in [0, 0.05) is 5.92 Å². The number of carbonyl (C=O) groups is 1. The molecular formula is C23H38O3. The fraction of sp³-hybridized carbons (Fsp3) is 0.957. The summed E-state index contributed by atoms with van der Waals surface area (Å²) in [5.41, 5.74) is 0.0693. The molecule has 0 aromatic heterocycles. The molecular weight excluding hydrogens is 324 g/mol. The highest BCUT2D eigenvalue weighted by Crippen LogP contribution is 2.68. The Kier molecular flexibility index (Phi) is 4.59. The molecule has 0 amide bonds. The molecule has 0 aliphatic heterocycles. The van der Waals surface area contributed by atoms with E-state index in [1.807, 2.05) is 6.92 Å². The molecule has 0 heterocycles. The lowest BCUT2D eigenvalue weighted by molar-refractivity contribution is -0.159. The van der Waals surface area contributed by atoms with Gasteiger partial charge in [-0.3, -0.25) is 4.79 Å². The van der Waals surface area contributed by atoms with Gasteiger partial charge in [-0.2, -0.15) is 0 Å². The monoisotopic (exact) mass is 362 g/mol. The van der Waals surface area contributed by atoms with Gasteiger partial charge >= 0.3 is 0 Å². The van der Waals surface area contributed by atoms with Crippen LogP contribution in [0, 0.1) is 40.4 Å². The van der Waals surface area contributed by atoms with E-state index in [1.165, 1.54) is 38.5 Å². The Morgan fingerprint density at radius 1 is 1.00 bits per heavy atom. The van der Waals surface area contributed by atoms with Gasteiger partial charge in [0.2, 0.25) is 0 Å². The van der Waals surface area contributed by atoms with Gasteiger partial charge in [-0.05, 0) is 106 Å². The number of fused-ring (bicyclic) bond motifs is 5. The van der Waals surface area contributed by atoms with Crippen molar-refractivity contribution in [2.24, 2.45) is 40.4 Å². The molecule has 0 spiro atoms. The Labute approximate surface area is 158 Å². The summed E-state index contributed by atoms with van der Waals surface area (Å²) in [5.74, 6) is 3.04. The molecule has 148 valence electrons. The zero-order valence-electron chi connectivity index (χ0n) is 17.0. The zero-order chi connectivity index (χ0) is 18.7. The average molecular weight is 363 g/mol. The van der Waals surface area contributed by atoms with Crippen molar-refractivity contribution in [3.63, 3.8) is 0 Å². The van der Waals surface area contributed by atoms with Crippen LogP contribution < -0.4 is 0 Å². The second-order valence-corrected chi connectivity index (χ2v) is 10.7. The lowest BCUT2D eigenvalue weighted by Gasteiger charge is -2.63. The van der Waals surface area contributed by atoms with Crippen LogP contribution in [0.4, 0.5) is 0 Å².